The van der Waals surface area contributed by atoms with Crippen molar-refractivity contribution < 1.29 is 13.3 Å². The van der Waals surface area contributed by atoms with Gasteiger partial charge in [-0.1, -0.05) is 106 Å². The van der Waals surface area contributed by atoms with Gasteiger partial charge in [0.2, 0.25) is 0 Å². The van der Waals surface area contributed by atoms with Gasteiger partial charge in [-0.05, 0) is 60.3 Å². The number of rotatable bonds is 15. The van der Waals surface area contributed by atoms with Gasteiger partial charge in [-0.15, -0.1) is 0 Å². The molecule has 0 unspecified atom stereocenters. The molecule has 0 bridgehead atoms. The Morgan fingerprint density at radius 1 is 0.657 bits per heavy atom. The zero-order valence-corrected chi connectivity index (χ0v) is 31.7. The van der Waals surface area contributed by atoms with Crippen molar-refractivity contribution in [1.29, 1.82) is 0 Å². The Labute approximate surface area is 238 Å². The molecule has 0 aromatic carbocycles. The Morgan fingerprint density at radius 3 is 1.40 bits per heavy atom. The van der Waals surface area contributed by atoms with Gasteiger partial charge in [-0.2, -0.15) is 0 Å². The molecule has 0 rings (SSSR count). The van der Waals surface area contributed by atoms with Crippen LogP contribution in [0, 0.1) is 17.8 Å². The zero-order valence-electron chi connectivity index (χ0n) is 26.5. The standard InChI is InChI=1S/C28H63IO3Si3/c1-17-35(18-2,19-3)32-26(23(5)21-30-33(13,14)27(7,8)9)24(6)25(22(4)20-29)31-34(15,16)28(10,11)12/h22-26H,17-21H2,1-16H3/t22-,23-,24-,25+,26-/m0/s1. The van der Waals surface area contributed by atoms with Crippen molar-refractivity contribution in [3.8, 4) is 0 Å². The first-order valence-corrected chi connectivity index (χ1v) is 24.1. The van der Waals surface area contributed by atoms with Gasteiger partial charge in [-0.25, -0.2) is 0 Å². The van der Waals surface area contributed by atoms with E-state index in [4.69, 9.17) is 13.3 Å². The normalized spacial score (nSPS) is 18.8. The minimum Gasteiger partial charge on any atom is -0.416 e. The Balaban J connectivity index is 6.29. The number of halogens is 1. The van der Waals surface area contributed by atoms with Crippen molar-refractivity contribution in [2.45, 2.75) is 150 Å². The van der Waals surface area contributed by atoms with E-state index in [-0.39, 0.29) is 22.3 Å². The molecule has 0 radical (unpaired) electrons. The number of alkyl halides is 1. The van der Waals surface area contributed by atoms with E-state index in [9.17, 15) is 0 Å². The van der Waals surface area contributed by atoms with E-state index >= 15 is 0 Å². The van der Waals surface area contributed by atoms with Crippen molar-refractivity contribution in [2.24, 2.45) is 17.8 Å². The lowest BCUT2D eigenvalue weighted by atomic mass is 9.85. The summed E-state index contributed by atoms with van der Waals surface area (Å²) in [7, 11) is -5.53. The fraction of sp³-hybridized carbons (Fsp3) is 1.00. The molecule has 5 atom stereocenters. The highest BCUT2D eigenvalue weighted by Gasteiger charge is 2.46. The first kappa shape index (κ1) is 36.3. The van der Waals surface area contributed by atoms with Gasteiger partial charge < -0.3 is 13.3 Å². The second-order valence-electron chi connectivity index (χ2n) is 14.2. The summed E-state index contributed by atoms with van der Waals surface area (Å²) in [5, 5.41) is 0.408. The molecule has 0 saturated heterocycles. The fourth-order valence-corrected chi connectivity index (χ4v) is 10.3. The molecule has 3 nitrogen and oxygen atoms in total. The third kappa shape index (κ3) is 10.1. The molecule has 0 aromatic rings. The van der Waals surface area contributed by atoms with Crippen LogP contribution in [0.15, 0.2) is 0 Å². The minimum atomic E-state index is -1.92. The van der Waals surface area contributed by atoms with Crippen LogP contribution in [-0.4, -0.2) is 48.2 Å². The quantitative estimate of drug-likeness (QED) is 0.0996. The summed E-state index contributed by atoms with van der Waals surface area (Å²) < 4.78 is 22.4. The average Bonchev–Trinajstić information content (AvgIpc) is 2.74. The minimum absolute atomic E-state index is 0.159. The predicted molar refractivity (Wildman–Crippen MR) is 174 cm³/mol. The molecule has 0 N–H and O–H groups in total. The Bertz CT molecular complexity index is 601. The van der Waals surface area contributed by atoms with Crippen molar-refractivity contribution in [3.63, 3.8) is 0 Å². The summed E-state index contributed by atoms with van der Waals surface area (Å²) in [5.74, 6) is 1.14. The second kappa shape index (κ2) is 14.1. The summed E-state index contributed by atoms with van der Waals surface area (Å²) in [6.45, 7) is 38.5. The lowest BCUT2D eigenvalue weighted by molar-refractivity contribution is -0.0197. The Morgan fingerprint density at radius 2 is 1.06 bits per heavy atom. The molecule has 0 aromatic heterocycles. The Kier molecular flexibility index (Phi) is 14.6. The molecule has 0 amide bonds. The first-order valence-electron chi connectivity index (χ1n) is 14.2. The van der Waals surface area contributed by atoms with Crippen LogP contribution in [0.3, 0.4) is 0 Å². The van der Waals surface area contributed by atoms with Crippen LogP contribution in [0.2, 0.25) is 54.4 Å². The highest BCUT2D eigenvalue weighted by atomic mass is 127. The van der Waals surface area contributed by atoms with Crippen LogP contribution in [0.5, 0.6) is 0 Å². The molecule has 0 aliphatic heterocycles. The predicted octanol–water partition coefficient (Wildman–Crippen LogP) is 10.1. The molecule has 7 heteroatoms. The summed E-state index contributed by atoms with van der Waals surface area (Å²) in [5.41, 5.74) is 0. The van der Waals surface area contributed by atoms with Crippen LogP contribution in [-0.2, 0) is 13.3 Å². The third-order valence-corrected chi connectivity index (χ3v) is 24.5. The van der Waals surface area contributed by atoms with Crippen LogP contribution >= 0.6 is 22.6 Å². The summed E-state index contributed by atoms with van der Waals surface area (Å²) in [6, 6.07) is 3.53. The van der Waals surface area contributed by atoms with Gasteiger partial charge in [0.25, 0.3) is 0 Å². The van der Waals surface area contributed by atoms with Crippen molar-refractivity contribution in [3.05, 3.63) is 0 Å². The zero-order chi connectivity index (χ0) is 28.0. The maximum Gasteiger partial charge on any atom is 0.192 e. The number of hydrogen-bond acceptors (Lipinski definition) is 3. The highest BCUT2D eigenvalue weighted by Crippen LogP contribution is 2.42. The molecule has 212 valence electrons. The van der Waals surface area contributed by atoms with Gasteiger partial charge in [0.1, 0.15) is 0 Å². The molecule has 0 saturated carbocycles. The van der Waals surface area contributed by atoms with E-state index in [0.29, 0.717) is 17.8 Å². The largest absolute Gasteiger partial charge is 0.416 e. The third-order valence-electron chi connectivity index (χ3n) is 9.47. The van der Waals surface area contributed by atoms with Crippen LogP contribution in [0.4, 0.5) is 0 Å². The van der Waals surface area contributed by atoms with E-state index in [0.717, 1.165) is 11.0 Å². The molecule has 0 heterocycles. The SMILES string of the molecule is CC[Si](CC)(CC)O[C@H]([C@@H](C)[C@H](O[Si](C)(C)C(C)(C)C)[C@@H](C)CI)[C@@H](C)CO[Si](C)(C)C(C)(C)C. The first-order chi connectivity index (χ1) is 15.6. The van der Waals surface area contributed by atoms with Crippen molar-refractivity contribution in [2.75, 3.05) is 11.0 Å². The molecule has 0 aliphatic carbocycles. The summed E-state index contributed by atoms with van der Waals surface area (Å²) >= 11 is 2.55. The molecular formula is C28H63IO3Si3. The summed E-state index contributed by atoms with van der Waals surface area (Å²) in [6.07, 6.45) is 0.358. The molecule has 0 fully saturated rings. The maximum absolute atomic E-state index is 7.34. The van der Waals surface area contributed by atoms with E-state index < -0.39 is 25.0 Å². The van der Waals surface area contributed by atoms with E-state index in [1.165, 1.54) is 18.1 Å². The van der Waals surface area contributed by atoms with E-state index in [2.05, 4.69) is 132 Å². The Hall–Kier alpha value is 1.26. The molecule has 35 heavy (non-hydrogen) atoms. The monoisotopic (exact) mass is 658 g/mol. The average molecular weight is 659 g/mol. The smallest absolute Gasteiger partial charge is 0.192 e. The van der Waals surface area contributed by atoms with Crippen molar-refractivity contribution >= 4 is 47.5 Å². The summed E-state index contributed by atoms with van der Waals surface area (Å²) in [4.78, 5) is 0. The molecular weight excluding hydrogens is 595 g/mol. The fourth-order valence-electron chi connectivity index (χ4n) is 4.21. The van der Waals surface area contributed by atoms with Gasteiger partial charge in [-0.3, -0.25) is 0 Å². The molecule has 0 aliphatic rings. The van der Waals surface area contributed by atoms with E-state index in [1.54, 1.807) is 0 Å². The van der Waals surface area contributed by atoms with Crippen LogP contribution in [0.1, 0.15) is 83.1 Å². The topological polar surface area (TPSA) is 27.7 Å². The lowest BCUT2D eigenvalue weighted by Crippen LogP contribution is -2.53. The van der Waals surface area contributed by atoms with Gasteiger partial charge in [0.05, 0.1) is 12.2 Å². The van der Waals surface area contributed by atoms with Gasteiger partial charge in [0.15, 0.2) is 25.0 Å². The number of hydrogen-bond donors (Lipinski definition) is 0. The molecule has 0 spiro atoms. The van der Waals surface area contributed by atoms with Gasteiger partial charge >= 0.3 is 0 Å². The maximum atomic E-state index is 7.34. The lowest BCUT2D eigenvalue weighted by Gasteiger charge is -2.47. The van der Waals surface area contributed by atoms with Gasteiger partial charge in [0, 0.05) is 22.9 Å². The van der Waals surface area contributed by atoms with Crippen LogP contribution < -0.4 is 0 Å². The highest BCUT2D eigenvalue weighted by molar-refractivity contribution is 14.1. The van der Waals surface area contributed by atoms with Crippen molar-refractivity contribution in [1.82, 2.24) is 0 Å². The van der Waals surface area contributed by atoms with E-state index in [1.807, 2.05) is 0 Å². The van der Waals surface area contributed by atoms with Crippen LogP contribution in [0.25, 0.3) is 0 Å². The second-order valence-corrected chi connectivity index (χ2v) is 29.4.